The fourth-order valence-electron chi connectivity index (χ4n) is 4.71. The summed E-state index contributed by atoms with van der Waals surface area (Å²) >= 11 is 0. The highest BCUT2D eigenvalue weighted by atomic mass is 19.2. The number of ether oxygens (including phenoxy) is 1. The topological polar surface area (TPSA) is 9.23 Å². The lowest BCUT2D eigenvalue weighted by molar-refractivity contribution is 0.312. The molecule has 0 spiro atoms. The van der Waals surface area contributed by atoms with Gasteiger partial charge in [-0.25, -0.2) is 13.2 Å². The zero-order chi connectivity index (χ0) is 23.4. The highest BCUT2D eigenvalue weighted by molar-refractivity contribution is 5.73. The monoisotopic (exact) mass is 450 g/mol. The third kappa shape index (κ3) is 5.16. The van der Waals surface area contributed by atoms with Crippen molar-refractivity contribution >= 4 is 12.2 Å². The summed E-state index contributed by atoms with van der Waals surface area (Å²) in [6.45, 7) is 2.19. The first-order valence-electron chi connectivity index (χ1n) is 11.6. The molecule has 0 amide bonds. The van der Waals surface area contributed by atoms with E-state index in [9.17, 15) is 13.2 Å². The van der Waals surface area contributed by atoms with E-state index in [1.165, 1.54) is 13.2 Å². The van der Waals surface area contributed by atoms with Crippen molar-refractivity contribution in [3.8, 4) is 16.9 Å². The standard InChI is InChI=1S/C29H29F3O/c1-3-19-4-9-21(10-5-19)25-16-17-26(29(32)28(25)31)22-11-6-20(7-12-22)8-13-23-14-15-24(33-2)18-27(23)30/h6-8,11-19,21H,3-5,9-10H2,1-2H3/b13-8+. The summed E-state index contributed by atoms with van der Waals surface area (Å²) in [6.07, 6.45) is 8.61. The quantitative estimate of drug-likeness (QED) is 0.342. The van der Waals surface area contributed by atoms with Crippen LogP contribution in [0.4, 0.5) is 13.2 Å². The fraction of sp³-hybridized carbons (Fsp3) is 0.310. The molecule has 0 radical (unpaired) electrons. The molecule has 0 aromatic heterocycles. The van der Waals surface area contributed by atoms with Crippen LogP contribution in [0.3, 0.4) is 0 Å². The second kappa shape index (κ2) is 10.3. The summed E-state index contributed by atoms with van der Waals surface area (Å²) in [7, 11) is 1.49. The molecule has 172 valence electrons. The van der Waals surface area contributed by atoms with Crippen LogP contribution in [-0.4, -0.2) is 7.11 Å². The number of hydrogen-bond acceptors (Lipinski definition) is 1. The minimum Gasteiger partial charge on any atom is -0.497 e. The van der Waals surface area contributed by atoms with Gasteiger partial charge in [-0.1, -0.05) is 61.9 Å². The Hall–Kier alpha value is -3.01. The Morgan fingerprint density at radius 2 is 1.58 bits per heavy atom. The molecular formula is C29H29F3O. The van der Waals surface area contributed by atoms with Gasteiger partial charge in [0.25, 0.3) is 0 Å². The molecular weight excluding hydrogens is 421 g/mol. The van der Waals surface area contributed by atoms with E-state index in [1.54, 1.807) is 48.6 Å². The molecule has 1 aliphatic carbocycles. The van der Waals surface area contributed by atoms with Crippen molar-refractivity contribution in [2.75, 3.05) is 7.11 Å². The Morgan fingerprint density at radius 3 is 2.21 bits per heavy atom. The summed E-state index contributed by atoms with van der Waals surface area (Å²) < 4.78 is 49.1. The molecule has 0 N–H and O–H groups in total. The highest BCUT2D eigenvalue weighted by Gasteiger charge is 2.25. The van der Waals surface area contributed by atoms with Gasteiger partial charge in [-0.05, 0) is 66.3 Å². The Bertz CT molecular complexity index is 1130. The van der Waals surface area contributed by atoms with Crippen molar-refractivity contribution < 1.29 is 17.9 Å². The van der Waals surface area contributed by atoms with Gasteiger partial charge in [-0.15, -0.1) is 0 Å². The predicted octanol–water partition coefficient (Wildman–Crippen LogP) is 8.63. The first-order chi connectivity index (χ1) is 16.0. The number of methoxy groups -OCH3 is 1. The summed E-state index contributed by atoms with van der Waals surface area (Å²) in [5.74, 6) is -0.601. The maximum atomic E-state index is 15.0. The van der Waals surface area contributed by atoms with Crippen molar-refractivity contribution in [2.45, 2.75) is 44.9 Å². The molecule has 0 bridgehead atoms. The Balaban J connectivity index is 1.50. The first-order valence-corrected chi connectivity index (χ1v) is 11.6. The molecule has 0 atom stereocenters. The van der Waals surface area contributed by atoms with Gasteiger partial charge < -0.3 is 4.74 Å². The van der Waals surface area contributed by atoms with Crippen LogP contribution in [-0.2, 0) is 0 Å². The molecule has 3 aromatic carbocycles. The van der Waals surface area contributed by atoms with E-state index in [-0.39, 0.29) is 17.3 Å². The average Bonchev–Trinajstić information content (AvgIpc) is 2.85. The fourth-order valence-corrected chi connectivity index (χ4v) is 4.71. The van der Waals surface area contributed by atoms with Crippen LogP contribution in [0, 0.1) is 23.4 Å². The second-order valence-corrected chi connectivity index (χ2v) is 8.80. The number of halogens is 3. The third-order valence-electron chi connectivity index (χ3n) is 6.86. The molecule has 1 saturated carbocycles. The van der Waals surface area contributed by atoms with E-state index < -0.39 is 11.6 Å². The molecule has 1 fully saturated rings. The Morgan fingerprint density at radius 1 is 0.848 bits per heavy atom. The summed E-state index contributed by atoms with van der Waals surface area (Å²) in [5.41, 5.74) is 2.65. The van der Waals surface area contributed by atoms with Gasteiger partial charge >= 0.3 is 0 Å². The maximum Gasteiger partial charge on any atom is 0.166 e. The van der Waals surface area contributed by atoms with Crippen LogP contribution in [0.5, 0.6) is 5.75 Å². The van der Waals surface area contributed by atoms with Crippen molar-refractivity contribution in [2.24, 2.45) is 5.92 Å². The average molecular weight is 451 g/mol. The molecule has 0 unspecified atom stereocenters. The van der Waals surface area contributed by atoms with Gasteiger partial charge in [-0.2, -0.15) is 0 Å². The Labute approximate surface area is 193 Å². The minimum absolute atomic E-state index is 0.0993. The molecule has 0 saturated heterocycles. The van der Waals surface area contributed by atoms with Crippen molar-refractivity contribution in [1.82, 2.24) is 0 Å². The van der Waals surface area contributed by atoms with E-state index >= 15 is 0 Å². The van der Waals surface area contributed by atoms with Crippen LogP contribution in [0.25, 0.3) is 23.3 Å². The molecule has 0 heterocycles. The third-order valence-corrected chi connectivity index (χ3v) is 6.86. The summed E-state index contributed by atoms with van der Waals surface area (Å²) in [5, 5.41) is 0. The van der Waals surface area contributed by atoms with Crippen LogP contribution in [0.1, 0.15) is 61.6 Å². The van der Waals surface area contributed by atoms with E-state index in [1.807, 2.05) is 12.1 Å². The molecule has 33 heavy (non-hydrogen) atoms. The van der Waals surface area contributed by atoms with Gasteiger partial charge in [0.15, 0.2) is 11.6 Å². The molecule has 4 heteroatoms. The van der Waals surface area contributed by atoms with Gasteiger partial charge in [0.1, 0.15) is 11.6 Å². The van der Waals surface area contributed by atoms with Gasteiger partial charge in [0.2, 0.25) is 0 Å². The van der Waals surface area contributed by atoms with Crippen LogP contribution < -0.4 is 4.74 Å². The lowest BCUT2D eigenvalue weighted by Gasteiger charge is -2.28. The largest absolute Gasteiger partial charge is 0.497 e. The van der Waals surface area contributed by atoms with Gasteiger partial charge in [0, 0.05) is 17.2 Å². The molecule has 4 rings (SSSR count). The molecule has 1 aliphatic rings. The van der Waals surface area contributed by atoms with Crippen molar-refractivity contribution in [3.63, 3.8) is 0 Å². The summed E-state index contributed by atoms with van der Waals surface area (Å²) in [6, 6.07) is 15.3. The van der Waals surface area contributed by atoms with E-state index in [0.29, 0.717) is 28.4 Å². The predicted molar refractivity (Wildman–Crippen MR) is 129 cm³/mol. The van der Waals surface area contributed by atoms with Crippen LogP contribution in [0.15, 0.2) is 54.6 Å². The Kier molecular flexibility index (Phi) is 7.22. The zero-order valence-electron chi connectivity index (χ0n) is 19.1. The van der Waals surface area contributed by atoms with Crippen LogP contribution in [0.2, 0.25) is 0 Å². The lowest BCUT2D eigenvalue weighted by atomic mass is 9.77. The number of rotatable bonds is 6. The van der Waals surface area contributed by atoms with Crippen molar-refractivity contribution in [3.05, 3.63) is 88.7 Å². The summed E-state index contributed by atoms with van der Waals surface area (Å²) in [4.78, 5) is 0. The van der Waals surface area contributed by atoms with Crippen molar-refractivity contribution in [1.29, 1.82) is 0 Å². The molecule has 1 nitrogen and oxygen atoms in total. The van der Waals surface area contributed by atoms with Crippen LogP contribution >= 0.6 is 0 Å². The smallest absolute Gasteiger partial charge is 0.166 e. The maximum absolute atomic E-state index is 15.0. The van der Waals surface area contributed by atoms with E-state index in [0.717, 1.165) is 37.7 Å². The van der Waals surface area contributed by atoms with Gasteiger partial charge in [0.05, 0.1) is 7.11 Å². The second-order valence-electron chi connectivity index (χ2n) is 8.80. The molecule has 0 aliphatic heterocycles. The zero-order valence-corrected chi connectivity index (χ0v) is 19.1. The van der Waals surface area contributed by atoms with Gasteiger partial charge in [-0.3, -0.25) is 0 Å². The number of hydrogen-bond donors (Lipinski definition) is 0. The number of benzene rings is 3. The first kappa shape index (κ1) is 23.2. The normalized spacial score (nSPS) is 18.6. The van der Waals surface area contributed by atoms with E-state index in [2.05, 4.69) is 6.92 Å². The van der Waals surface area contributed by atoms with E-state index in [4.69, 9.17) is 4.74 Å². The highest BCUT2D eigenvalue weighted by Crippen LogP contribution is 2.39. The minimum atomic E-state index is -0.784. The lowest BCUT2D eigenvalue weighted by Crippen LogP contribution is -2.14. The SMILES string of the molecule is CCC1CCC(c2ccc(-c3ccc(/C=C/c4ccc(OC)cc4F)cc3)c(F)c2F)CC1. The molecule has 3 aromatic rings.